The number of carbonyl (C=O) groups is 1. The number of rotatable bonds is 6. The number of hydrogen-bond acceptors (Lipinski definition) is 5. The summed E-state index contributed by atoms with van der Waals surface area (Å²) in [6, 6.07) is 9.80. The number of amides is 1. The third-order valence-electron chi connectivity index (χ3n) is 3.95. The number of benzene rings is 1. The fourth-order valence-corrected chi connectivity index (χ4v) is 3.39. The number of fused-ring (bicyclic) bond motifs is 1. The van der Waals surface area contributed by atoms with Gasteiger partial charge in [-0.15, -0.1) is 11.3 Å². The summed E-state index contributed by atoms with van der Waals surface area (Å²) in [4.78, 5) is 21.8. The standard InChI is InChI=1S/C17H16N6OS/c24-16(15-10-22-8-9-25-17(22)21-15)20-14(13-4-2-1-3-5-13)6-7-23-12-18-11-19-23/h1-5,8-12,14H,6-7H2,(H,20,24). The molecule has 4 aromatic rings. The molecule has 3 aromatic heterocycles. The van der Waals surface area contributed by atoms with Gasteiger partial charge in [-0.2, -0.15) is 5.10 Å². The van der Waals surface area contributed by atoms with Gasteiger partial charge in [0.1, 0.15) is 18.3 Å². The summed E-state index contributed by atoms with van der Waals surface area (Å²) in [7, 11) is 0. The molecule has 0 spiro atoms. The normalized spacial score (nSPS) is 12.3. The van der Waals surface area contributed by atoms with Gasteiger partial charge >= 0.3 is 0 Å². The van der Waals surface area contributed by atoms with Gasteiger partial charge in [-0.25, -0.2) is 9.97 Å². The van der Waals surface area contributed by atoms with Crippen LogP contribution in [-0.4, -0.2) is 30.1 Å². The summed E-state index contributed by atoms with van der Waals surface area (Å²) in [6.45, 7) is 0.665. The summed E-state index contributed by atoms with van der Waals surface area (Å²) < 4.78 is 3.61. The van der Waals surface area contributed by atoms with Gasteiger partial charge in [-0.05, 0) is 12.0 Å². The fourth-order valence-electron chi connectivity index (χ4n) is 2.69. The maximum absolute atomic E-state index is 12.6. The molecule has 8 heteroatoms. The lowest BCUT2D eigenvalue weighted by Crippen LogP contribution is -2.29. The van der Waals surface area contributed by atoms with Crippen LogP contribution in [-0.2, 0) is 6.54 Å². The number of imidazole rings is 1. The zero-order valence-electron chi connectivity index (χ0n) is 13.3. The number of thiazole rings is 1. The Hall–Kier alpha value is -3.00. The third kappa shape index (κ3) is 3.43. The topological polar surface area (TPSA) is 77.1 Å². The molecule has 1 atom stereocenters. The highest BCUT2D eigenvalue weighted by atomic mass is 32.1. The molecule has 0 aliphatic rings. The minimum absolute atomic E-state index is 0.127. The first-order valence-corrected chi connectivity index (χ1v) is 8.78. The average molecular weight is 352 g/mol. The van der Waals surface area contributed by atoms with E-state index < -0.39 is 0 Å². The molecule has 0 bridgehead atoms. The van der Waals surface area contributed by atoms with Crippen molar-refractivity contribution >= 4 is 22.2 Å². The second kappa shape index (κ2) is 6.86. The number of nitrogens with one attached hydrogen (secondary N) is 1. The van der Waals surface area contributed by atoms with Gasteiger partial charge in [0.25, 0.3) is 5.91 Å². The van der Waals surface area contributed by atoms with Crippen molar-refractivity contribution in [2.75, 3.05) is 0 Å². The molecule has 0 aliphatic carbocycles. The van der Waals surface area contributed by atoms with E-state index in [9.17, 15) is 4.79 Å². The van der Waals surface area contributed by atoms with Crippen molar-refractivity contribution in [1.29, 1.82) is 0 Å². The molecule has 1 N–H and O–H groups in total. The van der Waals surface area contributed by atoms with E-state index in [1.54, 1.807) is 17.2 Å². The van der Waals surface area contributed by atoms with Crippen molar-refractivity contribution in [3.05, 3.63) is 72.0 Å². The quantitative estimate of drug-likeness (QED) is 0.578. The summed E-state index contributed by atoms with van der Waals surface area (Å²) >= 11 is 1.50. The monoisotopic (exact) mass is 352 g/mol. The van der Waals surface area contributed by atoms with Gasteiger partial charge in [-0.3, -0.25) is 13.9 Å². The molecule has 0 radical (unpaired) electrons. The summed E-state index contributed by atoms with van der Waals surface area (Å²) in [6.07, 6.45) is 7.53. The fraction of sp³-hybridized carbons (Fsp3) is 0.176. The summed E-state index contributed by atoms with van der Waals surface area (Å²) in [5, 5.41) is 9.15. The van der Waals surface area contributed by atoms with Gasteiger partial charge in [-0.1, -0.05) is 30.3 Å². The highest BCUT2D eigenvalue weighted by Crippen LogP contribution is 2.19. The SMILES string of the molecule is O=C(NC(CCn1cncn1)c1ccccc1)c1cn2ccsc2n1. The Bertz CT molecular complexity index is 931. The van der Waals surface area contributed by atoms with Gasteiger partial charge in [0, 0.05) is 24.3 Å². The molecular weight excluding hydrogens is 336 g/mol. The van der Waals surface area contributed by atoms with Gasteiger partial charge in [0.05, 0.1) is 6.04 Å². The smallest absolute Gasteiger partial charge is 0.272 e. The molecule has 4 rings (SSSR count). The molecule has 0 saturated carbocycles. The van der Waals surface area contributed by atoms with Gasteiger partial charge < -0.3 is 5.32 Å². The van der Waals surface area contributed by atoms with E-state index in [2.05, 4.69) is 20.4 Å². The Morgan fingerprint density at radius 3 is 2.92 bits per heavy atom. The highest BCUT2D eigenvalue weighted by molar-refractivity contribution is 7.15. The van der Waals surface area contributed by atoms with E-state index in [-0.39, 0.29) is 11.9 Å². The minimum atomic E-state index is -0.177. The predicted octanol–water partition coefficient (Wildman–Crippen LogP) is 2.55. The van der Waals surface area contributed by atoms with Crippen LogP contribution in [0.15, 0.2) is 60.8 Å². The number of aromatic nitrogens is 5. The van der Waals surface area contributed by atoms with Crippen LogP contribution in [0.25, 0.3) is 4.96 Å². The van der Waals surface area contributed by atoms with E-state index in [1.165, 1.54) is 17.7 Å². The molecule has 25 heavy (non-hydrogen) atoms. The van der Waals surface area contributed by atoms with E-state index in [0.29, 0.717) is 18.7 Å². The zero-order valence-corrected chi connectivity index (χ0v) is 14.1. The van der Waals surface area contributed by atoms with Crippen LogP contribution in [0.3, 0.4) is 0 Å². The molecule has 7 nitrogen and oxygen atoms in total. The van der Waals surface area contributed by atoms with Crippen molar-refractivity contribution < 1.29 is 4.79 Å². The van der Waals surface area contributed by atoms with Crippen molar-refractivity contribution in [2.45, 2.75) is 19.0 Å². The first-order chi connectivity index (χ1) is 12.3. The molecule has 0 saturated heterocycles. The van der Waals surface area contributed by atoms with Crippen LogP contribution in [0, 0.1) is 0 Å². The maximum atomic E-state index is 12.6. The number of aryl methyl sites for hydroxylation is 1. The molecule has 1 unspecified atom stereocenters. The van der Waals surface area contributed by atoms with Crippen LogP contribution in [0.5, 0.6) is 0 Å². The first kappa shape index (κ1) is 15.5. The second-order valence-electron chi connectivity index (χ2n) is 5.60. The largest absolute Gasteiger partial charge is 0.344 e. The molecule has 3 heterocycles. The first-order valence-electron chi connectivity index (χ1n) is 7.90. The molecule has 1 amide bonds. The van der Waals surface area contributed by atoms with Crippen molar-refractivity contribution in [3.8, 4) is 0 Å². The van der Waals surface area contributed by atoms with E-state index in [4.69, 9.17) is 0 Å². The Balaban J connectivity index is 1.52. The number of carbonyl (C=O) groups excluding carboxylic acids is 1. The maximum Gasteiger partial charge on any atom is 0.272 e. The highest BCUT2D eigenvalue weighted by Gasteiger charge is 2.18. The van der Waals surface area contributed by atoms with Crippen LogP contribution >= 0.6 is 11.3 Å². The van der Waals surface area contributed by atoms with Crippen LogP contribution in [0.1, 0.15) is 28.5 Å². The minimum Gasteiger partial charge on any atom is -0.344 e. The lowest BCUT2D eigenvalue weighted by molar-refractivity contribution is 0.0929. The van der Waals surface area contributed by atoms with Crippen molar-refractivity contribution in [2.24, 2.45) is 0 Å². The van der Waals surface area contributed by atoms with Crippen LogP contribution in [0.4, 0.5) is 0 Å². The molecule has 1 aromatic carbocycles. The molecule has 0 fully saturated rings. The van der Waals surface area contributed by atoms with E-state index in [1.807, 2.05) is 46.3 Å². The molecule has 0 aliphatic heterocycles. The van der Waals surface area contributed by atoms with Gasteiger partial charge in [0.15, 0.2) is 4.96 Å². The number of hydrogen-bond donors (Lipinski definition) is 1. The zero-order chi connectivity index (χ0) is 17.1. The lowest BCUT2D eigenvalue weighted by Gasteiger charge is -2.18. The van der Waals surface area contributed by atoms with Crippen molar-refractivity contribution in [1.82, 2.24) is 29.5 Å². The molecule has 126 valence electrons. The second-order valence-corrected chi connectivity index (χ2v) is 6.48. The Morgan fingerprint density at radius 1 is 1.28 bits per heavy atom. The Labute approximate surface area is 148 Å². The van der Waals surface area contributed by atoms with Crippen LogP contribution < -0.4 is 5.32 Å². The van der Waals surface area contributed by atoms with Crippen molar-refractivity contribution in [3.63, 3.8) is 0 Å². The third-order valence-corrected chi connectivity index (χ3v) is 4.72. The average Bonchev–Trinajstić information content (AvgIpc) is 3.35. The predicted molar refractivity (Wildman–Crippen MR) is 94.4 cm³/mol. The number of nitrogens with zero attached hydrogens (tertiary/aromatic N) is 5. The lowest BCUT2D eigenvalue weighted by atomic mass is 10.0. The Kier molecular flexibility index (Phi) is 4.26. The van der Waals surface area contributed by atoms with E-state index in [0.717, 1.165) is 10.5 Å². The summed E-state index contributed by atoms with van der Waals surface area (Å²) in [5.74, 6) is -0.177. The summed E-state index contributed by atoms with van der Waals surface area (Å²) in [5.41, 5.74) is 1.48. The molecular formula is C17H16N6OS. The van der Waals surface area contributed by atoms with Crippen LogP contribution in [0.2, 0.25) is 0 Å². The van der Waals surface area contributed by atoms with E-state index >= 15 is 0 Å². The van der Waals surface area contributed by atoms with Gasteiger partial charge in [0.2, 0.25) is 0 Å². The Morgan fingerprint density at radius 2 is 2.16 bits per heavy atom.